The molecule has 1 aliphatic rings. The van der Waals surface area contributed by atoms with Gasteiger partial charge in [-0.2, -0.15) is 0 Å². The Kier molecular flexibility index (Phi) is 3.40. The molecule has 6 heteroatoms. The molecule has 0 radical (unpaired) electrons. The van der Waals surface area contributed by atoms with Gasteiger partial charge in [-0.15, -0.1) is 0 Å². The maximum Gasteiger partial charge on any atom is 0.496 e. The van der Waals surface area contributed by atoms with Gasteiger partial charge in [0.05, 0.1) is 5.39 Å². The van der Waals surface area contributed by atoms with Gasteiger partial charge in [0.1, 0.15) is 0 Å². The standard InChI is InChI=1S/C15H15N5O/c1-10-4-6-11(7-5-10)13-17-12(14(18-13)19-16)15(21)20-8-2-3-9-20/h4-7H,2-3,8-9H2,1H3/p+1. The summed E-state index contributed by atoms with van der Waals surface area (Å²) in [4.78, 5) is 24.5. The molecule has 1 amide bonds. The minimum Gasteiger partial charge on any atom is -0.337 e. The number of aromatic amines is 1. The lowest BCUT2D eigenvalue weighted by Gasteiger charge is -2.12. The van der Waals surface area contributed by atoms with E-state index < -0.39 is 0 Å². The first-order chi connectivity index (χ1) is 10.2. The van der Waals surface area contributed by atoms with Crippen molar-refractivity contribution in [2.24, 2.45) is 0 Å². The zero-order chi connectivity index (χ0) is 14.8. The number of aryl methyl sites for hydroxylation is 1. The van der Waals surface area contributed by atoms with Gasteiger partial charge in [0.2, 0.25) is 5.69 Å². The fourth-order valence-corrected chi connectivity index (χ4v) is 2.51. The molecule has 1 aliphatic heterocycles. The Bertz CT molecular complexity index is 705. The molecule has 1 fully saturated rings. The summed E-state index contributed by atoms with van der Waals surface area (Å²) < 4.78 is 0. The van der Waals surface area contributed by atoms with Crippen LogP contribution in [0.15, 0.2) is 24.3 Å². The zero-order valence-corrected chi connectivity index (χ0v) is 11.8. The summed E-state index contributed by atoms with van der Waals surface area (Å²) in [6.45, 7) is 3.48. The second-order valence-corrected chi connectivity index (χ2v) is 5.25. The van der Waals surface area contributed by atoms with Crippen LogP contribution in [-0.2, 0) is 0 Å². The van der Waals surface area contributed by atoms with Gasteiger partial charge >= 0.3 is 5.82 Å². The summed E-state index contributed by atoms with van der Waals surface area (Å²) in [6.07, 6.45) is 2.02. The highest BCUT2D eigenvalue weighted by molar-refractivity contribution is 5.98. The summed E-state index contributed by atoms with van der Waals surface area (Å²) in [5, 5.41) is 9.09. The molecule has 21 heavy (non-hydrogen) atoms. The third-order valence-electron chi connectivity index (χ3n) is 3.71. The lowest BCUT2D eigenvalue weighted by Crippen LogP contribution is -2.27. The van der Waals surface area contributed by atoms with Gasteiger partial charge in [-0.1, -0.05) is 17.7 Å². The van der Waals surface area contributed by atoms with Gasteiger partial charge in [0.25, 0.3) is 11.7 Å². The predicted molar refractivity (Wildman–Crippen MR) is 78.6 cm³/mol. The highest BCUT2D eigenvalue weighted by atomic mass is 16.2. The quantitative estimate of drug-likeness (QED) is 0.860. The van der Waals surface area contributed by atoms with E-state index in [-0.39, 0.29) is 17.4 Å². The third-order valence-corrected chi connectivity index (χ3v) is 3.71. The summed E-state index contributed by atoms with van der Waals surface area (Å²) >= 11 is 0. The number of nitrogens with one attached hydrogen (secondary N) is 1. The van der Waals surface area contributed by atoms with E-state index in [4.69, 9.17) is 5.39 Å². The van der Waals surface area contributed by atoms with E-state index in [2.05, 4.69) is 14.9 Å². The van der Waals surface area contributed by atoms with Crippen molar-refractivity contribution in [2.45, 2.75) is 19.8 Å². The van der Waals surface area contributed by atoms with Crippen LogP contribution in [0.3, 0.4) is 0 Å². The van der Waals surface area contributed by atoms with Crippen molar-refractivity contribution in [3.8, 4) is 11.4 Å². The number of carbonyl (C=O) groups is 1. The molecule has 106 valence electrons. The molecule has 1 aromatic heterocycles. The molecule has 0 spiro atoms. The molecule has 1 N–H and O–H groups in total. The van der Waals surface area contributed by atoms with Crippen LogP contribution in [0.25, 0.3) is 16.4 Å². The molecule has 0 unspecified atom stereocenters. The van der Waals surface area contributed by atoms with E-state index in [0.717, 1.165) is 37.1 Å². The third kappa shape index (κ3) is 2.50. The van der Waals surface area contributed by atoms with E-state index in [1.165, 1.54) is 0 Å². The highest BCUT2D eigenvalue weighted by Gasteiger charge is 2.32. The monoisotopic (exact) mass is 282 g/mol. The van der Waals surface area contributed by atoms with Gasteiger partial charge in [-0.05, 0) is 36.9 Å². The highest BCUT2D eigenvalue weighted by Crippen LogP contribution is 2.25. The van der Waals surface area contributed by atoms with Crippen LogP contribution in [0.1, 0.15) is 28.9 Å². The van der Waals surface area contributed by atoms with E-state index in [1.54, 1.807) is 4.90 Å². The minimum absolute atomic E-state index is 0.0440. The van der Waals surface area contributed by atoms with E-state index >= 15 is 0 Å². The van der Waals surface area contributed by atoms with E-state index in [9.17, 15) is 4.79 Å². The van der Waals surface area contributed by atoms with Crippen LogP contribution in [0, 0.1) is 12.3 Å². The first kappa shape index (κ1) is 13.3. The van der Waals surface area contributed by atoms with Crippen LogP contribution < -0.4 is 0 Å². The van der Waals surface area contributed by atoms with Crippen molar-refractivity contribution in [3.05, 3.63) is 40.5 Å². The fraction of sp³-hybridized carbons (Fsp3) is 0.333. The van der Waals surface area contributed by atoms with Crippen LogP contribution in [0.2, 0.25) is 0 Å². The fourth-order valence-electron chi connectivity index (χ4n) is 2.51. The molecule has 2 heterocycles. The predicted octanol–water partition coefficient (Wildman–Crippen LogP) is 3.11. The minimum atomic E-state index is -0.161. The number of hydrogen-bond donors (Lipinski definition) is 1. The lowest BCUT2D eigenvalue weighted by atomic mass is 10.1. The Labute approximate surface area is 122 Å². The van der Waals surface area contributed by atoms with E-state index in [1.807, 2.05) is 31.2 Å². The number of diazo groups is 1. The van der Waals surface area contributed by atoms with Crippen molar-refractivity contribution < 1.29 is 4.79 Å². The Morgan fingerprint density at radius 2 is 1.95 bits per heavy atom. The molecule has 0 atom stereocenters. The van der Waals surface area contributed by atoms with Gasteiger partial charge in [-0.25, -0.2) is 0 Å². The van der Waals surface area contributed by atoms with Crippen LogP contribution in [0.5, 0.6) is 0 Å². The number of H-pyrrole nitrogens is 1. The average Bonchev–Trinajstić information content (AvgIpc) is 3.17. The second kappa shape index (κ2) is 5.37. The van der Waals surface area contributed by atoms with Crippen molar-refractivity contribution in [2.75, 3.05) is 13.1 Å². The largest absolute Gasteiger partial charge is 0.496 e. The Morgan fingerprint density at radius 1 is 1.29 bits per heavy atom. The van der Waals surface area contributed by atoms with E-state index in [0.29, 0.717) is 5.82 Å². The van der Waals surface area contributed by atoms with Crippen molar-refractivity contribution in [1.29, 1.82) is 5.39 Å². The van der Waals surface area contributed by atoms with Crippen LogP contribution in [-0.4, -0.2) is 33.9 Å². The summed E-state index contributed by atoms with van der Waals surface area (Å²) in [5.74, 6) is 0.416. The zero-order valence-electron chi connectivity index (χ0n) is 11.8. The van der Waals surface area contributed by atoms with Crippen LogP contribution in [0.4, 0.5) is 5.82 Å². The topological polar surface area (TPSA) is 77.1 Å². The number of imidazole rings is 1. The number of benzene rings is 1. The number of carbonyl (C=O) groups excluding carboxylic acids is 1. The maximum atomic E-state index is 12.4. The Balaban J connectivity index is 1.96. The van der Waals surface area contributed by atoms with Crippen molar-refractivity contribution in [1.82, 2.24) is 14.9 Å². The number of nitrogens with zero attached hydrogens (tertiary/aromatic N) is 4. The van der Waals surface area contributed by atoms with Gasteiger partial charge in [-0.3, -0.25) is 4.79 Å². The Morgan fingerprint density at radius 3 is 2.57 bits per heavy atom. The SMILES string of the molecule is Cc1ccc(-c2nc([N+]#N)c(C(=O)N3CCCC3)[nH]2)cc1. The first-order valence-corrected chi connectivity index (χ1v) is 7.00. The summed E-state index contributed by atoms with van der Waals surface area (Å²) in [6, 6.07) is 7.77. The summed E-state index contributed by atoms with van der Waals surface area (Å²) in [5.41, 5.74) is 2.24. The molecule has 0 saturated carbocycles. The van der Waals surface area contributed by atoms with Gasteiger partial charge in [0, 0.05) is 23.6 Å². The smallest absolute Gasteiger partial charge is 0.337 e. The van der Waals surface area contributed by atoms with Gasteiger partial charge in [0.15, 0.2) is 0 Å². The number of amides is 1. The number of hydrogen-bond acceptors (Lipinski definition) is 3. The second-order valence-electron chi connectivity index (χ2n) is 5.25. The molecule has 3 rings (SSSR count). The number of likely N-dealkylation sites (tertiary alicyclic amines) is 1. The molecule has 1 aromatic carbocycles. The molecule has 6 nitrogen and oxygen atoms in total. The van der Waals surface area contributed by atoms with Crippen molar-refractivity contribution in [3.63, 3.8) is 0 Å². The number of rotatable bonds is 2. The normalized spacial score (nSPS) is 14.2. The first-order valence-electron chi connectivity index (χ1n) is 7.00. The molecule has 1 saturated heterocycles. The molecular formula is C15H16N5O+. The van der Waals surface area contributed by atoms with Gasteiger partial charge < -0.3 is 9.88 Å². The summed E-state index contributed by atoms with van der Waals surface area (Å²) in [7, 11) is 0. The number of aromatic nitrogens is 2. The van der Waals surface area contributed by atoms with Crippen molar-refractivity contribution >= 4 is 11.7 Å². The maximum absolute atomic E-state index is 12.4. The molecule has 2 aromatic rings. The molecule has 0 aliphatic carbocycles. The molecule has 0 bridgehead atoms. The molecular weight excluding hydrogens is 266 g/mol. The lowest BCUT2D eigenvalue weighted by molar-refractivity contribution is 0.0789. The average molecular weight is 282 g/mol. The Hall–Kier alpha value is -2.68. The van der Waals surface area contributed by atoms with Crippen LogP contribution >= 0.6 is 0 Å².